The number of halogens is 1. The van der Waals surface area contributed by atoms with Crippen LogP contribution in [0.1, 0.15) is 11.4 Å². The summed E-state index contributed by atoms with van der Waals surface area (Å²) in [6.07, 6.45) is 0.950. The van der Waals surface area contributed by atoms with Crippen molar-refractivity contribution in [1.29, 1.82) is 5.41 Å². The molecule has 2 aliphatic heterocycles. The molecular formula is C20H23ClN4O2S. The predicted octanol–water partition coefficient (Wildman–Crippen LogP) is 3.75. The maximum atomic E-state index is 10.5. The van der Waals surface area contributed by atoms with Crippen molar-refractivity contribution in [3.8, 4) is 11.3 Å². The maximum Gasteiger partial charge on any atom is 0.135 e. The molecular weight excluding hydrogens is 396 g/mol. The zero-order valence-electron chi connectivity index (χ0n) is 15.5. The highest BCUT2D eigenvalue weighted by atomic mass is 35.5. The van der Waals surface area contributed by atoms with Crippen LogP contribution in [0.15, 0.2) is 35.4 Å². The van der Waals surface area contributed by atoms with Gasteiger partial charge in [0, 0.05) is 42.1 Å². The first-order valence-corrected chi connectivity index (χ1v) is 10.7. The maximum absolute atomic E-state index is 10.5. The van der Waals surface area contributed by atoms with Gasteiger partial charge in [-0.05, 0) is 12.5 Å². The van der Waals surface area contributed by atoms with Gasteiger partial charge in [-0.2, -0.15) is 0 Å². The molecule has 28 heavy (non-hydrogen) atoms. The number of hydrogen-bond donors (Lipinski definition) is 2. The Morgan fingerprint density at radius 2 is 2.00 bits per heavy atom. The number of nitrogens with one attached hydrogen (secondary N) is 1. The number of amidine groups is 1. The van der Waals surface area contributed by atoms with Gasteiger partial charge >= 0.3 is 0 Å². The zero-order chi connectivity index (χ0) is 19.5. The van der Waals surface area contributed by atoms with Crippen molar-refractivity contribution in [3.63, 3.8) is 0 Å². The molecule has 1 aromatic carbocycles. The normalized spacial score (nSPS) is 18.3. The average molecular weight is 419 g/mol. The SMILES string of the molecule is N=C1C(c2nc(-c3ccccc3Cl)cs2)=C(O)CN1CCCN1CCOCC1. The van der Waals surface area contributed by atoms with Crippen LogP contribution in [0.5, 0.6) is 0 Å². The van der Waals surface area contributed by atoms with E-state index in [1.807, 2.05) is 34.5 Å². The standard InChI is InChI=1S/C20H23ClN4O2S/c21-15-5-2-1-4-14(15)16-13-28-20(23-16)18-17(26)12-25(19(18)22)7-3-6-24-8-10-27-11-9-24/h1-2,4-5,13,22,26H,3,6-12H2. The molecule has 0 saturated carbocycles. The Hall–Kier alpha value is -1.93. The second-order valence-electron chi connectivity index (χ2n) is 6.92. The van der Waals surface area contributed by atoms with Gasteiger partial charge in [0.05, 0.1) is 31.0 Å². The summed E-state index contributed by atoms with van der Waals surface area (Å²) in [4.78, 5) is 8.94. The molecule has 148 valence electrons. The number of aliphatic hydroxyl groups is 1. The molecule has 2 aliphatic rings. The van der Waals surface area contributed by atoms with Crippen LogP contribution in [-0.4, -0.2) is 71.7 Å². The molecule has 0 aliphatic carbocycles. The van der Waals surface area contributed by atoms with Crippen molar-refractivity contribution in [2.75, 3.05) is 45.9 Å². The Labute approximate surface area is 173 Å². The number of hydrogen-bond acceptors (Lipinski definition) is 6. The van der Waals surface area contributed by atoms with Gasteiger partial charge in [-0.25, -0.2) is 4.98 Å². The molecule has 1 saturated heterocycles. The Morgan fingerprint density at radius 1 is 1.21 bits per heavy atom. The van der Waals surface area contributed by atoms with Crippen molar-refractivity contribution < 1.29 is 9.84 Å². The fraction of sp³-hybridized carbons (Fsp3) is 0.400. The third kappa shape index (κ3) is 4.07. The lowest BCUT2D eigenvalue weighted by Gasteiger charge is -2.27. The van der Waals surface area contributed by atoms with Crippen LogP contribution in [0, 0.1) is 5.41 Å². The van der Waals surface area contributed by atoms with Crippen LogP contribution in [0.2, 0.25) is 5.02 Å². The number of morpholine rings is 1. The van der Waals surface area contributed by atoms with E-state index < -0.39 is 0 Å². The first-order chi connectivity index (χ1) is 13.6. The Kier molecular flexibility index (Phi) is 5.96. The zero-order valence-corrected chi connectivity index (χ0v) is 17.1. The number of benzene rings is 1. The molecule has 0 atom stereocenters. The second kappa shape index (κ2) is 8.61. The molecule has 1 aromatic heterocycles. The van der Waals surface area contributed by atoms with E-state index in [1.54, 1.807) is 0 Å². The van der Waals surface area contributed by atoms with Crippen molar-refractivity contribution in [3.05, 3.63) is 45.4 Å². The van der Waals surface area contributed by atoms with E-state index in [0.29, 0.717) is 28.0 Å². The number of ether oxygens (including phenoxy) is 1. The third-order valence-corrected chi connectivity index (χ3v) is 6.25. The quantitative estimate of drug-likeness (QED) is 0.747. The monoisotopic (exact) mass is 418 g/mol. The molecule has 6 nitrogen and oxygen atoms in total. The second-order valence-corrected chi connectivity index (χ2v) is 8.18. The van der Waals surface area contributed by atoms with Gasteiger partial charge < -0.3 is 14.7 Å². The van der Waals surface area contributed by atoms with E-state index in [-0.39, 0.29) is 5.76 Å². The van der Waals surface area contributed by atoms with Gasteiger partial charge in [0.25, 0.3) is 0 Å². The molecule has 8 heteroatoms. The largest absolute Gasteiger partial charge is 0.510 e. The van der Waals surface area contributed by atoms with Gasteiger partial charge in [-0.3, -0.25) is 10.3 Å². The van der Waals surface area contributed by atoms with Gasteiger partial charge in [0.1, 0.15) is 16.6 Å². The smallest absolute Gasteiger partial charge is 0.135 e. The molecule has 1 fully saturated rings. The summed E-state index contributed by atoms with van der Waals surface area (Å²) in [5.41, 5.74) is 2.16. The fourth-order valence-electron chi connectivity index (χ4n) is 3.54. The minimum Gasteiger partial charge on any atom is -0.510 e. The highest BCUT2D eigenvalue weighted by Gasteiger charge is 2.30. The number of rotatable bonds is 6. The van der Waals surface area contributed by atoms with E-state index in [2.05, 4.69) is 9.88 Å². The predicted molar refractivity (Wildman–Crippen MR) is 113 cm³/mol. The van der Waals surface area contributed by atoms with E-state index in [9.17, 15) is 5.11 Å². The first kappa shape index (κ1) is 19.4. The van der Waals surface area contributed by atoms with Crippen molar-refractivity contribution >= 4 is 34.3 Å². The van der Waals surface area contributed by atoms with Crippen LogP contribution >= 0.6 is 22.9 Å². The summed E-state index contributed by atoms with van der Waals surface area (Å²) in [5, 5.41) is 22.2. The van der Waals surface area contributed by atoms with E-state index in [1.165, 1.54) is 11.3 Å². The third-order valence-electron chi connectivity index (χ3n) is 5.06. The fourth-order valence-corrected chi connectivity index (χ4v) is 4.66. The number of nitrogens with zero attached hydrogens (tertiary/aromatic N) is 3. The van der Waals surface area contributed by atoms with Crippen molar-refractivity contribution in [2.24, 2.45) is 0 Å². The number of thiazole rings is 1. The lowest BCUT2D eigenvalue weighted by atomic mass is 10.2. The van der Waals surface area contributed by atoms with Gasteiger partial charge in [0.2, 0.25) is 0 Å². The molecule has 0 bridgehead atoms. The topological polar surface area (TPSA) is 72.7 Å². The number of aliphatic hydroxyl groups excluding tert-OH is 1. The lowest BCUT2D eigenvalue weighted by Crippen LogP contribution is -2.38. The van der Waals surface area contributed by atoms with Crippen molar-refractivity contribution in [1.82, 2.24) is 14.8 Å². The Morgan fingerprint density at radius 3 is 2.79 bits per heavy atom. The van der Waals surface area contributed by atoms with Gasteiger partial charge in [0.15, 0.2) is 0 Å². The molecule has 4 rings (SSSR count). The molecule has 0 amide bonds. The van der Waals surface area contributed by atoms with E-state index in [0.717, 1.165) is 57.1 Å². The molecule has 0 radical (unpaired) electrons. The van der Waals surface area contributed by atoms with Crippen LogP contribution < -0.4 is 0 Å². The summed E-state index contributed by atoms with van der Waals surface area (Å²) in [6.45, 7) is 5.63. The highest BCUT2D eigenvalue weighted by molar-refractivity contribution is 7.11. The Balaban J connectivity index is 1.40. The van der Waals surface area contributed by atoms with Gasteiger partial charge in [-0.15, -0.1) is 11.3 Å². The highest BCUT2D eigenvalue weighted by Crippen LogP contribution is 2.34. The summed E-state index contributed by atoms with van der Waals surface area (Å²) >= 11 is 7.70. The molecule has 0 spiro atoms. The molecule has 3 heterocycles. The summed E-state index contributed by atoms with van der Waals surface area (Å²) < 4.78 is 5.37. The molecule has 0 unspecified atom stereocenters. The minimum absolute atomic E-state index is 0.219. The van der Waals surface area contributed by atoms with E-state index >= 15 is 0 Å². The van der Waals surface area contributed by atoms with Crippen LogP contribution in [-0.2, 0) is 4.74 Å². The van der Waals surface area contributed by atoms with Crippen LogP contribution in [0.25, 0.3) is 16.8 Å². The van der Waals surface area contributed by atoms with Crippen LogP contribution in [0.4, 0.5) is 0 Å². The van der Waals surface area contributed by atoms with Crippen molar-refractivity contribution in [2.45, 2.75) is 6.42 Å². The first-order valence-electron chi connectivity index (χ1n) is 9.40. The Bertz CT molecular complexity index is 892. The van der Waals surface area contributed by atoms with E-state index in [4.69, 9.17) is 21.7 Å². The lowest BCUT2D eigenvalue weighted by molar-refractivity contribution is 0.0368. The number of aromatic nitrogens is 1. The molecule has 2 aromatic rings. The summed E-state index contributed by atoms with van der Waals surface area (Å²) in [6, 6.07) is 7.56. The summed E-state index contributed by atoms with van der Waals surface area (Å²) in [7, 11) is 0. The van der Waals surface area contributed by atoms with Gasteiger partial charge in [-0.1, -0.05) is 29.8 Å². The average Bonchev–Trinajstić information content (AvgIpc) is 3.27. The minimum atomic E-state index is 0.219. The van der Waals surface area contributed by atoms with Crippen LogP contribution in [0.3, 0.4) is 0 Å². The summed E-state index contributed by atoms with van der Waals surface area (Å²) in [5.74, 6) is 0.566. The molecule has 2 N–H and O–H groups in total.